The molecule has 0 heterocycles. The summed E-state index contributed by atoms with van der Waals surface area (Å²) >= 11 is 0. The van der Waals surface area contributed by atoms with E-state index in [1.54, 1.807) is 0 Å². The molecular weight excluding hydrogens is 180 g/mol. The SMILES string of the molecule is CCN(CC(=N)N)C(=O)NC(C)(C)C. The molecule has 0 aliphatic carbocycles. The van der Waals surface area contributed by atoms with Crippen molar-refractivity contribution >= 4 is 11.9 Å². The predicted octanol–water partition coefficient (Wildman–Crippen LogP) is 0.752. The van der Waals surface area contributed by atoms with Gasteiger partial charge in [-0.15, -0.1) is 0 Å². The van der Waals surface area contributed by atoms with Crippen LogP contribution < -0.4 is 11.1 Å². The average molecular weight is 200 g/mol. The fraction of sp³-hybridized carbons (Fsp3) is 0.778. The predicted molar refractivity (Wildman–Crippen MR) is 57.4 cm³/mol. The van der Waals surface area contributed by atoms with Crippen LogP contribution in [0.1, 0.15) is 27.7 Å². The first-order valence-corrected chi connectivity index (χ1v) is 4.66. The van der Waals surface area contributed by atoms with Crippen LogP contribution >= 0.6 is 0 Å². The van der Waals surface area contributed by atoms with E-state index in [1.807, 2.05) is 27.7 Å². The van der Waals surface area contributed by atoms with Crippen molar-refractivity contribution in [3.05, 3.63) is 0 Å². The van der Waals surface area contributed by atoms with E-state index < -0.39 is 0 Å². The van der Waals surface area contributed by atoms with Gasteiger partial charge in [-0.1, -0.05) is 0 Å². The quantitative estimate of drug-likeness (QED) is 0.464. The van der Waals surface area contributed by atoms with Crippen molar-refractivity contribution in [2.45, 2.75) is 33.2 Å². The number of hydrogen-bond acceptors (Lipinski definition) is 2. The molecule has 0 spiro atoms. The van der Waals surface area contributed by atoms with Gasteiger partial charge in [0.05, 0.1) is 6.54 Å². The topological polar surface area (TPSA) is 82.2 Å². The molecular formula is C9H20N4O. The summed E-state index contributed by atoms with van der Waals surface area (Å²) in [6.45, 7) is 8.30. The minimum atomic E-state index is -0.263. The normalized spacial score (nSPS) is 10.9. The number of amidine groups is 1. The zero-order valence-corrected chi connectivity index (χ0v) is 9.35. The third-order valence-corrected chi connectivity index (χ3v) is 1.51. The molecule has 0 saturated heterocycles. The molecule has 0 rings (SSSR count). The molecule has 0 aromatic rings. The number of rotatable bonds is 3. The zero-order chi connectivity index (χ0) is 11.4. The van der Waals surface area contributed by atoms with E-state index in [0.29, 0.717) is 6.54 Å². The summed E-state index contributed by atoms with van der Waals surface area (Å²) < 4.78 is 0. The van der Waals surface area contributed by atoms with Crippen LogP contribution in [0.5, 0.6) is 0 Å². The molecule has 0 fully saturated rings. The minimum Gasteiger partial charge on any atom is -0.386 e. The largest absolute Gasteiger partial charge is 0.386 e. The van der Waals surface area contributed by atoms with E-state index in [-0.39, 0.29) is 24.0 Å². The first-order chi connectivity index (χ1) is 6.26. The number of carbonyl (C=O) groups is 1. The van der Waals surface area contributed by atoms with Gasteiger partial charge in [0.1, 0.15) is 5.84 Å². The van der Waals surface area contributed by atoms with Crippen LogP contribution in [0.25, 0.3) is 0 Å². The molecule has 0 aromatic heterocycles. The first-order valence-electron chi connectivity index (χ1n) is 4.66. The highest BCUT2D eigenvalue weighted by Gasteiger charge is 2.18. The lowest BCUT2D eigenvalue weighted by Crippen LogP contribution is -2.50. The number of carbonyl (C=O) groups excluding carboxylic acids is 1. The smallest absolute Gasteiger partial charge is 0.318 e. The van der Waals surface area contributed by atoms with Gasteiger partial charge in [-0.3, -0.25) is 5.41 Å². The van der Waals surface area contributed by atoms with Gasteiger partial charge in [0.25, 0.3) is 0 Å². The van der Waals surface area contributed by atoms with Crippen LogP contribution in [0.4, 0.5) is 4.79 Å². The number of hydrogen-bond donors (Lipinski definition) is 3. The van der Waals surface area contributed by atoms with Gasteiger partial charge in [0, 0.05) is 12.1 Å². The van der Waals surface area contributed by atoms with E-state index in [9.17, 15) is 4.79 Å². The monoisotopic (exact) mass is 200 g/mol. The Balaban J connectivity index is 4.25. The van der Waals surface area contributed by atoms with Gasteiger partial charge < -0.3 is 16.0 Å². The average Bonchev–Trinajstić information content (AvgIpc) is 1.96. The van der Waals surface area contributed by atoms with E-state index in [0.717, 1.165) is 0 Å². The molecule has 0 saturated carbocycles. The van der Waals surface area contributed by atoms with Crippen molar-refractivity contribution in [3.63, 3.8) is 0 Å². The molecule has 0 unspecified atom stereocenters. The van der Waals surface area contributed by atoms with Crippen LogP contribution in [0.3, 0.4) is 0 Å². The molecule has 2 amide bonds. The number of amides is 2. The Morgan fingerprint density at radius 2 is 2.00 bits per heavy atom. The minimum absolute atomic E-state index is 0.00379. The standard InChI is InChI=1S/C9H20N4O/c1-5-13(6-7(10)11)8(14)12-9(2,3)4/h5-6H2,1-4H3,(H3,10,11)(H,12,14). The van der Waals surface area contributed by atoms with Gasteiger partial charge >= 0.3 is 6.03 Å². The molecule has 14 heavy (non-hydrogen) atoms. The molecule has 0 atom stereocenters. The van der Waals surface area contributed by atoms with E-state index in [1.165, 1.54) is 4.90 Å². The lowest BCUT2D eigenvalue weighted by Gasteiger charge is -2.27. The molecule has 4 N–H and O–H groups in total. The molecule has 0 aromatic carbocycles. The summed E-state index contributed by atoms with van der Waals surface area (Å²) in [5.41, 5.74) is 4.97. The van der Waals surface area contributed by atoms with Gasteiger partial charge in [0.2, 0.25) is 0 Å². The van der Waals surface area contributed by atoms with Crippen LogP contribution in [0.15, 0.2) is 0 Å². The third-order valence-electron chi connectivity index (χ3n) is 1.51. The Morgan fingerprint density at radius 1 is 1.50 bits per heavy atom. The first kappa shape index (κ1) is 12.7. The highest BCUT2D eigenvalue weighted by Crippen LogP contribution is 2.00. The lowest BCUT2D eigenvalue weighted by molar-refractivity contribution is 0.197. The maximum atomic E-state index is 11.6. The van der Waals surface area contributed by atoms with E-state index in [4.69, 9.17) is 11.1 Å². The van der Waals surface area contributed by atoms with Gasteiger partial charge in [0.15, 0.2) is 0 Å². The fourth-order valence-electron chi connectivity index (χ4n) is 0.933. The van der Waals surface area contributed by atoms with Gasteiger partial charge in [-0.05, 0) is 27.7 Å². The maximum Gasteiger partial charge on any atom is 0.318 e. The number of likely N-dealkylation sites (N-methyl/N-ethyl adjacent to an activating group) is 1. The van der Waals surface area contributed by atoms with Gasteiger partial charge in [-0.25, -0.2) is 4.79 Å². The Kier molecular flexibility index (Phi) is 4.40. The molecule has 0 radical (unpaired) electrons. The van der Waals surface area contributed by atoms with Crippen molar-refractivity contribution < 1.29 is 4.79 Å². The Hall–Kier alpha value is -1.26. The van der Waals surface area contributed by atoms with E-state index in [2.05, 4.69) is 5.32 Å². The fourth-order valence-corrected chi connectivity index (χ4v) is 0.933. The highest BCUT2D eigenvalue weighted by molar-refractivity contribution is 5.84. The second-order valence-corrected chi connectivity index (χ2v) is 4.22. The van der Waals surface area contributed by atoms with E-state index >= 15 is 0 Å². The Labute approximate surface area is 85.2 Å². The van der Waals surface area contributed by atoms with Crippen LogP contribution in [0.2, 0.25) is 0 Å². The summed E-state index contributed by atoms with van der Waals surface area (Å²) in [7, 11) is 0. The molecule has 0 aliphatic rings. The van der Waals surface area contributed by atoms with Crippen LogP contribution in [-0.4, -0.2) is 35.4 Å². The molecule has 5 nitrogen and oxygen atoms in total. The molecule has 5 heteroatoms. The van der Waals surface area contributed by atoms with Crippen molar-refractivity contribution in [2.24, 2.45) is 5.73 Å². The number of nitrogens with one attached hydrogen (secondary N) is 2. The second-order valence-electron chi connectivity index (χ2n) is 4.22. The van der Waals surface area contributed by atoms with Crippen molar-refractivity contribution in [1.29, 1.82) is 5.41 Å². The molecule has 82 valence electrons. The van der Waals surface area contributed by atoms with Gasteiger partial charge in [-0.2, -0.15) is 0 Å². The molecule has 0 aliphatic heterocycles. The summed E-state index contributed by atoms with van der Waals surface area (Å²) in [5, 5.41) is 9.92. The van der Waals surface area contributed by atoms with Crippen molar-refractivity contribution in [1.82, 2.24) is 10.2 Å². The second kappa shape index (κ2) is 4.83. The Bertz CT molecular complexity index is 219. The van der Waals surface area contributed by atoms with Crippen LogP contribution in [-0.2, 0) is 0 Å². The Morgan fingerprint density at radius 3 is 2.29 bits per heavy atom. The van der Waals surface area contributed by atoms with Crippen molar-refractivity contribution in [3.8, 4) is 0 Å². The summed E-state index contributed by atoms with van der Waals surface area (Å²) in [4.78, 5) is 13.1. The number of nitrogens with two attached hydrogens (primary N) is 1. The summed E-state index contributed by atoms with van der Waals surface area (Å²) in [5.74, 6) is -0.00379. The zero-order valence-electron chi connectivity index (χ0n) is 9.35. The maximum absolute atomic E-state index is 11.6. The molecule has 0 bridgehead atoms. The van der Waals surface area contributed by atoms with Crippen LogP contribution in [0, 0.1) is 5.41 Å². The van der Waals surface area contributed by atoms with Crippen molar-refractivity contribution in [2.75, 3.05) is 13.1 Å². The number of urea groups is 1. The summed E-state index contributed by atoms with van der Waals surface area (Å²) in [6, 6.07) is -0.185. The third kappa shape index (κ3) is 5.40. The lowest BCUT2D eigenvalue weighted by atomic mass is 10.1. The summed E-state index contributed by atoms with van der Waals surface area (Å²) in [6.07, 6.45) is 0. The number of nitrogens with zero attached hydrogens (tertiary/aromatic N) is 1. The highest BCUT2D eigenvalue weighted by atomic mass is 16.2.